The molecular weight excluding hydrogens is 242 g/mol. The lowest BCUT2D eigenvalue weighted by molar-refractivity contribution is -0.352. The van der Waals surface area contributed by atoms with Crippen LogP contribution in [0.25, 0.3) is 0 Å². The maximum absolute atomic E-state index is 5.74. The summed E-state index contributed by atoms with van der Waals surface area (Å²) in [6, 6.07) is 0. The number of ether oxygens (including phenoxy) is 5. The summed E-state index contributed by atoms with van der Waals surface area (Å²) in [4.78, 5) is 0. The Bertz CT molecular complexity index is 270. The van der Waals surface area contributed by atoms with E-state index in [1.807, 2.05) is 6.92 Å². The standard InChI is InChI=1S/C10H21N3O5/c1-5-7(15-3-11)8-6(2-14-10(13)18-8)17-9(5)16-4-12/h5-10H,2-4,11-13H2,1H3/t5?,6?,7?,8-,9-,10?/m1/s1. The van der Waals surface area contributed by atoms with Crippen LogP contribution in [0.2, 0.25) is 0 Å². The fourth-order valence-corrected chi connectivity index (χ4v) is 2.37. The average Bonchev–Trinajstić information content (AvgIpc) is 2.35. The molecule has 2 aliphatic heterocycles. The molecule has 8 nitrogen and oxygen atoms in total. The third-order valence-electron chi connectivity index (χ3n) is 3.21. The maximum atomic E-state index is 5.74. The molecule has 4 unspecified atom stereocenters. The zero-order valence-corrected chi connectivity index (χ0v) is 10.4. The summed E-state index contributed by atoms with van der Waals surface area (Å²) in [5, 5.41) is 0. The van der Waals surface area contributed by atoms with E-state index in [0.29, 0.717) is 6.61 Å². The quantitative estimate of drug-likeness (QED) is 0.509. The van der Waals surface area contributed by atoms with Gasteiger partial charge in [-0.05, 0) is 0 Å². The molecule has 2 heterocycles. The molecule has 0 amide bonds. The van der Waals surface area contributed by atoms with Gasteiger partial charge in [-0.25, -0.2) is 0 Å². The van der Waals surface area contributed by atoms with Crippen molar-refractivity contribution in [3.05, 3.63) is 0 Å². The highest BCUT2D eigenvalue weighted by molar-refractivity contribution is 4.91. The Morgan fingerprint density at radius 3 is 2.56 bits per heavy atom. The normalized spacial score (nSPS) is 44.7. The first-order valence-corrected chi connectivity index (χ1v) is 5.98. The minimum absolute atomic E-state index is 0.0661. The van der Waals surface area contributed by atoms with E-state index in [9.17, 15) is 0 Å². The molecule has 0 aromatic carbocycles. The van der Waals surface area contributed by atoms with Gasteiger partial charge in [-0.1, -0.05) is 6.92 Å². The first kappa shape index (κ1) is 14.1. The number of rotatable bonds is 4. The zero-order chi connectivity index (χ0) is 13.1. The van der Waals surface area contributed by atoms with Crippen LogP contribution >= 0.6 is 0 Å². The summed E-state index contributed by atoms with van der Waals surface area (Å²) in [5.41, 5.74) is 16.4. The van der Waals surface area contributed by atoms with Crippen LogP contribution in [-0.4, -0.2) is 51.1 Å². The number of nitrogens with two attached hydrogens (primary N) is 3. The predicted molar refractivity (Wildman–Crippen MR) is 60.7 cm³/mol. The van der Waals surface area contributed by atoms with Crippen molar-refractivity contribution in [3.63, 3.8) is 0 Å². The molecule has 8 heteroatoms. The van der Waals surface area contributed by atoms with Gasteiger partial charge in [0.05, 0.1) is 26.2 Å². The van der Waals surface area contributed by atoms with E-state index in [-0.39, 0.29) is 37.7 Å². The molecule has 106 valence electrons. The highest BCUT2D eigenvalue weighted by Crippen LogP contribution is 2.33. The van der Waals surface area contributed by atoms with Gasteiger partial charge < -0.3 is 35.2 Å². The molecule has 0 aliphatic carbocycles. The van der Waals surface area contributed by atoms with Gasteiger partial charge in [0.25, 0.3) is 0 Å². The van der Waals surface area contributed by atoms with Crippen LogP contribution < -0.4 is 17.2 Å². The predicted octanol–water partition coefficient (Wildman–Crippen LogP) is -1.76. The smallest absolute Gasteiger partial charge is 0.213 e. The molecule has 0 aromatic rings. The van der Waals surface area contributed by atoms with E-state index < -0.39 is 12.7 Å². The Hall–Kier alpha value is -0.320. The van der Waals surface area contributed by atoms with Gasteiger partial charge in [0.2, 0.25) is 6.41 Å². The van der Waals surface area contributed by atoms with Crippen LogP contribution in [0, 0.1) is 5.92 Å². The fraction of sp³-hybridized carbons (Fsp3) is 1.00. The Morgan fingerprint density at radius 1 is 1.17 bits per heavy atom. The van der Waals surface area contributed by atoms with Crippen molar-refractivity contribution < 1.29 is 23.7 Å². The van der Waals surface area contributed by atoms with Gasteiger partial charge >= 0.3 is 0 Å². The van der Waals surface area contributed by atoms with Crippen molar-refractivity contribution in [2.45, 2.75) is 37.9 Å². The van der Waals surface area contributed by atoms with Crippen LogP contribution in [0.5, 0.6) is 0 Å². The maximum Gasteiger partial charge on any atom is 0.213 e. The lowest BCUT2D eigenvalue weighted by Gasteiger charge is -2.47. The van der Waals surface area contributed by atoms with Crippen LogP contribution in [0.3, 0.4) is 0 Å². The second-order valence-corrected chi connectivity index (χ2v) is 4.34. The van der Waals surface area contributed by atoms with Crippen molar-refractivity contribution in [1.82, 2.24) is 0 Å². The molecule has 0 bridgehead atoms. The fourth-order valence-electron chi connectivity index (χ4n) is 2.37. The van der Waals surface area contributed by atoms with E-state index >= 15 is 0 Å². The van der Waals surface area contributed by atoms with Crippen LogP contribution in [-0.2, 0) is 23.7 Å². The lowest BCUT2D eigenvalue weighted by atomic mass is 9.91. The topological polar surface area (TPSA) is 124 Å². The molecule has 6 atom stereocenters. The second kappa shape index (κ2) is 6.22. The largest absolute Gasteiger partial charge is 0.360 e. The SMILES string of the molecule is CC1C(OCN)[C@@H]2OC(N)OCC2O[C@H]1OCN. The molecule has 2 rings (SSSR count). The molecule has 2 aliphatic rings. The van der Waals surface area contributed by atoms with Gasteiger partial charge in [0.15, 0.2) is 6.29 Å². The third-order valence-corrected chi connectivity index (χ3v) is 3.21. The molecule has 0 spiro atoms. The van der Waals surface area contributed by atoms with E-state index in [1.165, 1.54) is 0 Å². The van der Waals surface area contributed by atoms with Crippen molar-refractivity contribution in [1.29, 1.82) is 0 Å². The summed E-state index contributed by atoms with van der Waals surface area (Å²) in [6.45, 7) is 2.42. The Balaban J connectivity index is 2.09. The van der Waals surface area contributed by atoms with Gasteiger partial charge in [-0.15, -0.1) is 0 Å². The monoisotopic (exact) mass is 263 g/mol. The summed E-state index contributed by atoms with van der Waals surface area (Å²) in [7, 11) is 0. The van der Waals surface area contributed by atoms with Crippen molar-refractivity contribution in [2.75, 3.05) is 20.1 Å². The van der Waals surface area contributed by atoms with Crippen LogP contribution in [0.15, 0.2) is 0 Å². The number of fused-ring (bicyclic) bond motifs is 1. The van der Waals surface area contributed by atoms with Crippen molar-refractivity contribution in [2.24, 2.45) is 23.1 Å². The summed E-state index contributed by atoms with van der Waals surface area (Å²) in [6.07, 6.45) is -2.11. The van der Waals surface area contributed by atoms with Gasteiger partial charge in [-0.2, -0.15) is 0 Å². The zero-order valence-electron chi connectivity index (χ0n) is 10.4. The summed E-state index contributed by atoms with van der Waals surface area (Å²) >= 11 is 0. The number of hydrogen-bond acceptors (Lipinski definition) is 8. The minimum Gasteiger partial charge on any atom is -0.360 e. The Kier molecular flexibility index (Phi) is 4.87. The molecule has 2 fully saturated rings. The first-order valence-electron chi connectivity index (χ1n) is 5.98. The van der Waals surface area contributed by atoms with Crippen molar-refractivity contribution >= 4 is 0 Å². The Labute approximate surface area is 106 Å². The summed E-state index contributed by atoms with van der Waals surface area (Å²) < 4.78 is 27.3. The number of hydrogen-bond donors (Lipinski definition) is 3. The lowest BCUT2D eigenvalue weighted by Crippen LogP contribution is -2.62. The second-order valence-electron chi connectivity index (χ2n) is 4.34. The molecular formula is C10H21N3O5. The first-order chi connectivity index (χ1) is 8.67. The molecule has 6 N–H and O–H groups in total. The molecule has 0 radical (unpaired) electrons. The van der Waals surface area contributed by atoms with Gasteiger partial charge in [-0.3, -0.25) is 5.73 Å². The van der Waals surface area contributed by atoms with E-state index in [1.54, 1.807) is 0 Å². The Morgan fingerprint density at radius 2 is 1.89 bits per heavy atom. The molecule has 2 saturated heterocycles. The van der Waals surface area contributed by atoms with Crippen LogP contribution in [0.4, 0.5) is 0 Å². The highest BCUT2D eigenvalue weighted by atomic mass is 16.8. The molecule has 18 heavy (non-hydrogen) atoms. The van der Waals surface area contributed by atoms with Crippen molar-refractivity contribution in [3.8, 4) is 0 Å². The molecule has 0 aromatic heterocycles. The van der Waals surface area contributed by atoms with E-state index in [0.717, 1.165) is 0 Å². The average molecular weight is 263 g/mol. The summed E-state index contributed by atoms with van der Waals surface area (Å²) in [5.74, 6) is -0.0661. The van der Waals surface area contributed by atoms with Gasteiger partial charge in [0, 0.05) is 5.92 Å². The minimum atomic E-state index is -0.766. The highest BCUT2D eigenvalue weighted by Gasteiger charge is 2.48. The van der Waals surface area contributed by atoms with E-state index in [2.05, 4.69) is 0 Å². The van der Waals surface area contributed by atoms with Gasteiger partial charge in [0.1, 0.15) is 12.2 Å². The van der Waals surface area contributed by atoms with E-state index in [4.69, 9.17) is 40.9 Å². The third kappa shape index (κ3) is 2.81. The molecule has 0 saturated carbocycles. The van der Waals surface area contributed by atoms with Crippen LogP contribution in [0.1, 0.15) is 6.92 Å².